The average molecular weight is 333 g/mol. The third kappa shape index (κ3) is 3.08. The molecule has 2 aromatic carbocycles. The van der Waals surface area contributed by atoms with Gasteiger partial charge in [0.25, 0.3) is 0 Å². The first-order valence-electron chi connectivity index (χ1n) is 5.04. The monoisotopic (exact) mass is 331 g/mol. The number of hydrogen-bond donors (Lipinski definition) is 0. The molecule has 0 saturated carbocycles. The summed E-state index contributed by atoms with van der Waals surface area (Å²) >= 11 is 23.6. The maximum atomic E-state index is 9.05. The second-order valence-electron chi connectivity index (χ2n) is 3.52. The molecule has 0 fully saturated rings. The van der Waals surface area contributed by atoms with Crippen LogP contribution in [0, 0.1) is 11.3 Å². The number of nitriles is 1. The van der Waals surface area contributed by atoms with E-state index in [1.54, 1.807) is 18.2 Å². The lowest BCUT2D eigenvalue weighted by Gasteiger charge is -2.10. The van der Waals surface area contributed by atoms with Crippen molar-refractivity contribution < 1.29 is 4.74 Å². The zero-order valence-corrected chi connectivity index (χ0v) is 12.3. The smallest absolute Gasteiger partial charge is 0.147 e. The van der Waals surface area contributed by atoms with Gasteiger partial charge in [0, 0.05) is 6.07 Å². The van der Waals surface area contributed by atoms with Crippen LogP contribution in [0.2, 0.25) is 20.1 Å². The van der Waals surface area contributed by atoms with Crippen molar-refractivity contribution in [2.24, 2.45) is 0 Å². The largest absolute Gasteiger partial charge is 0.454 e. The molecule has 0 saturated heterocycles. The van der Waals surface area contributed by atoms with Crippen LogP contribution in [0.4, 0.5) is 0 Å². The van der Waals surface area contributed by atoms with E-state index in [1.807, 2.05) is 6.07 Å². The Morgan fingerprint density at radius 1 is 0.842 bits per heavy atom. The number of halogens is 4. The standard InChI is InChI=1S/C13H5Cl4NO/c14-8-2-1-3-12(7(8)6-18)19-13-5-10(16)9(15)4-11(13)17/h1-5H. The first-order valence-corrected chi connectivity index (χ1v) is 6.55. The van der Waals surface area contributed by atoms with Gasteiger partial charge in [-0.2, -0.15) is 5.26 Å². The van der Waals surface area contributed by atoms with Crippen LogP contribution in [0.5, 0.6) is 11.5 Å². The Balaban J connectivity index is 2.45. The molecule has 96 valence electrons. The van der Waals surface area contributed by atoms with E-state index in [2.05, 4.69) is 0 Å². The minimum atomic E-state index is 0.228. The average Bonchev–Trinajstić information content (AvgIpc) is 2.36. The molecule has 0 N–H and O–H groups in total. The van der Waals surface area contributed by atoms with E-state index in [1.165, 1.54) is 12.1 Å². The van der Waals surface area contributed by atoms with Crippen LogP contribution in [-0.4, -0.2) is 0 Å². The highest BCUT2D eigenvalue weighted by Crippen LogP contribution is 2.38. The van der Waals surface area contributed by atoms with Crippen LogP contribution in [0.25, 0.3) is 0 Å². The molecule has 2 rings (SSSR count). The lowest BCUT2D eigenvalue weighted by molar-refractivity contribution is 0.481. The highest BCUT2D eigenvalue weighted by Gasteiger charge is 2.12. The summed E-state index contributed by atoms with van der Waals surface area (Å²) in [5.41, 5.74) is 0.228. The minimum Gasteiger partial charge on any atom is -0.454 e. The summed E-state index contributed by atoms with van der Waals surface area (Å²) in [4.78, 5) is 0. The molecule has 6 heteroatoms. The van der Waals surface area contributed by atoms with Crippen LogP contribution in [0.1, 0.15) is 5.56 Å². The molecule has 0 aromatic heterocycles. The summed E-state index contributed by atoms with van der Waals surface area (Å²) < 4.78 is 5.57. The lowest BCUT2D eigenvalue weighted by Crippen LogP contribution is -1.90. The first-order chi connectivity index (χ1) is 9.02. The predicted molar refractivity (Wildman–Crippen MR) is 77.7 cm³/mol. The lowest BCUT2D eigenvalue weighted by atomic mass is 10.2. The van der Waals surface area contributed by atoms with E-state index < -0.39 is 0 Å². The summed E-state index contributed by atoms with van der Waals surface area (Å²) in [5.74, 6) is 0.602. The summed E-state index contributed by atoms with van der Waals surface area (Å²) in [5, 5.41) is 10.3. The molecule has 0 radical (unpaired) electrons. The van der Waals surface area contributed by atoms with Crippen molar-refractivity contribution in [1.29, 1.82) is 5.26 Å². The number of rotatable bonds is 2. The number of hydrogen-bond acceptors (Lipinski definition) is 2. The Morgan fingerprint density at radius 3 is 2.21 bits per heavy atom. The third-order valence-corrected chi connectivity index (χ3v) is 3.61. The maximum Gasteiger partial charge on any atom is 0.147 e. The number of ether oxygens (including phenoxy) is 1. The molecule has 0 atom stereocenters. The van der Waals surface area contributed by atoms with Crippen LogP contribution in [0.15, 0.2) is 30.3 Å². The van der Waals surface area contributed by atoms with Gasteiger partial charge < -0.3 is 4.74 Å². The van der Waals surface area contributed by atoms with E-state index in [-0.39, 0.29) is 5.56 Å². The van der Waals surface area contributed by atoms with Crippen molar-refractivity contribution in [3.63, 3.8) is 0 Å². The van der Waals surface area contributed by atoms with Crippen molar-refractivity contribution in [3.05, 3.63) is 56.0 Å². The predicted octanol–water partition coefficient (Wildman–Crippen LogP) is 5.96. The molecule has 0 aliphatic heterocycles. The normalized spacial score (nSPS) is 10.1. The molecular weight excluding hydrogens is 328 g/mol. The van der Waals surface area contributed by atoms with Crippen molar-refractivity contribution in [3.8, 4) is 17.6 Å². The molecule has 0 amide bonds. The fraction of sp³-hybridized carbons (Fsp3) is 0. The molecule has 0 aliphatic carbocycles. The van der Waals surface area contributed by atoms with E-state index in [4.69, 9.17) is 56.4 Å². The second kappa shape index (κ2) is 5.90. The van der Waals surface area contributed by atoms with Crippen molar-refractivity contribution in [2.75, 3.05) is 0 Å². The Hall–Kier alpha value is -1.11. The molecule has 0 bridgehead atoms. The van der Waals surface area contributed by atoms with Crippen LogP contribution < -0.4 is 4.74 Å². The summed E-state index contributed by atoms with van der Waals surface area (Å²) in [6.45, 7) is 0. The highest BCUT2D eigenvalue weighted by molar-refractivity contribution is 6.43. The Labute approximate surface area is 130 Å². The van der Waals surface area contributed by atoms with E-state index in [0.29, 0.717) is 31.6 Å². The van der Waals surface area contributed by atoms with E-state index in [9.17, 15) is 0 Å². The van der Waals surface area contributed by atoms with Gasteiger partial charge in [-0.15, -0.1) is 0 Å². The van der Waals surface area contributed by atoms with Crippen molar-refractivity contribution >= 4 is 46.4 Å². The van der Waals surface area contributed by atoms with Gasteiger partial charge in [-0.05, 0) is 18.2 Å². The molecule has 19 heavy (non-hydrogen) atoms. The number of benzene rings is 2. The highest BCUT2D eigenvalue weighted by atomic mass is 35.5. The minimum absolute atomic E-state index is 0.228. The Bertz CT molecular complexity index is 679. The van der Waals surface area contributed by atoms with Gasteiger partial charge in [0.05, 0.1) is 20.1 Å². The Morgan fingerprint density at radius 2 is 1.53 bits per heavy atom. The van der Waals surface area contributed by atoms with Gasteiger partial charge in [0.1, 0.15) is 23.1 Å². The van der Waals surface area contributed by atoms with Gasteiger partial charge in [0.15, 0.2) is 0 Å². The second-order valence-corrected chi connectivity index (χ2v) is 5.15. The summed E-state index contributed by atoms with van der Waals surface area (Å²) in [6, 6.07) is 9.81. The zero-order valence-electron chi connectivity index (χ0n) is 9.25. The van der Waals surface area contributed by atoms with E-state index >= 15 is 0 Å². The molecule has 2 nitrogen and oxygen atoms in total. The van der Waals surface area contributed by atoms with Gasteiger partial charge in [-0.1, -0.05) is 52.5 Å². The van der Waals surface area contributed by atoms with E-state index in [0.717, 1.165) is 0 Å². The molecule has 0 spiro atoms. The molecular formula is C13H5Cl4NO. The fourth-order valence-corrected chi connectivity index (χ4v) is 2.18. The van der Waals surface area contributed by atoms with Crippen LogP contribution >= 0.6 is 46.4 Å². The summed E-state index contributed by atoms with van der Waals surface area (Å²) in [7, 11) is 0. The molecule has 0 heterocycles. The van der Waals surface area contributed by atoms with Gasteiger partial charge in [0.2, 0.25) is 0 Å². The Kier molecular flexibility index (Phi) is 4.44. The van der Waals surface area contributed by atoms with Crippen molar-refractivity contribution in [2.45, 2.75) is 0 Å². The SMILES string of the molecule is N#Cc1c(Cl)cccc1Oc1cc(Cl)c(Cl)cc1Cl. The molecule has 2 aromatic rings. The van der Waals surface area contributed by atoms with Gasteiger partial charge in [-0.25, -0.2) is 0 Å². The molecule has 0 aliphatic rings. The van der Waals surface area contributed by atoms with Gasteiger partial charge in [-0.3, -0.25) is 0 Å². The molecule has 0 unspecified atom stereocenters. The van der Waals surface area contributed by atoms with Crippen LogP contribution in [0.3, 0.4) is 0 Å². The maximum absolute atomic E-state index is 9.05. The summed E-state index contributed by atoms with van der Waals surface area (Å²) in [6.07, 6.45) is 0. The fourth-order valence-electron chi connectivity index (χ4n) is 1.40. The van der Waals surface area contributed by atoms with Crippen LogP contribution in [-0.2, 0) is 0 Å². The topological polar surface area (TPSA) is 33.0 Å². The quantitative estimate of drug-likeness (QED) is 0.635. The number of nitrogens with zero attached hydrogens (tertiary/aromatic N) is 1. The van der Waals surface area contributed by atoms with Gasteiger partial charge >= 0.3 is 0 Å². The zero-order chi connectivity index (χ0) is 14.0. The third-order valence-electron chi connectivity index (χ3n) is 2.28. The first kappa shape index (κ1) is 14.3. The van der Waals surface area contributed by atoms with Crippen molar-refractivity contribution in [1.82, 2.24) is 0 Å².